The van der Waals surface area contributed by atoms with Crippen LogP contribution >= 0.6 is 0 Å². The van der Waals surface area contributed by atoms with Crippen molar-refractivity contribution in [3.8, 4) is 0 Å². The van der Waals surface area contributed by atoms with Gasteiger partial charge in [-0.05, 0) is 25.2 Å². The number of rotatable bonds is 4. The average molecular weight is 140 g/mol. The number of allylic oxidation sites excluding steroid dienone is 2. The van der Waals surface area contributed by atoms with Crippen molar-refractivity contribution < 1.29 is 0 Å². The van der Waals surface area contributed by atoms with Crippen LogP contribution in [0.1, 0.15) is 40.5 Å². The fourth-order valence-corrected chi connectivity index (χ4v) is 1.28. The first kappa shape index (κ1) is 9.74. The number of hydrogen-bond donors (Lipinski definition) is 0. The van der Waals surface area contributed by atoms with Crippen LogP contribution in [0.2, 0.25) is 0 Å². The van der Waals surface area contributed by atoms with E-state index in [0.717, 1.165) is 11.8 Å². The standard InChI is InChI=1S/C10H20/c1-5-8-10(7-3)9(4)6-2/h5,8-10H,6-7H2,1-4H3/b8-5+. The Hall–Kier alpha value is -0.260. The summed E-state index contributed by atoms with van der Waals surface area (Å²) < 4.78 is 0. The van der Waals surface area contributed by atoms with Gasteiger partial charge in [-0.3, -0.25) is 0 Å². The molecule has 0 bridgehead atoms. The van der Waals surface area contributed by atoms with E-state index < -0.39 is 0 Å². The second kappa shape index (κ2) is 5.52. The molecule has 2 atom stereocenters. The van der Waals surface area contributed by atoms with Crippen molar-refractivity contribution in [2.45, 2.75) is 40.5 Å². The molecule has 0 radical (unpaired) electrons. The van der Waals surface area contributed by atoms with Crippen LogP contribution in [0.3, 0.4) is 0 Å². The fourth-order valence-electron chi connectivity index (χ4n) is 1.28. The summed E-state index contributed by atoms with van der Waals surface area (Å²) in [6, 6.07) is 0. The van der Waals surface area contributed by atoms with Crippen molar-refractivity contribution in [1.29, 1.82) is 0 Å². The minimum Gasteiger partial charge on any atom is -0.0914 e. The van der Waals surface area contributed by atoms with Gasteiger partial charge in [0.2, 0.25) is 0 Å². The molecule has 0 aliphatic heterocycles. The Labute approximate surface area is 65.3 Å². The summed E-state index contributed by atoms with van der Waals surface area (Å²) in [5, 5.41) is 0. The topological polar surface area (TPSA) is 0 Å². The molecule has 0 fully saturated rings. The van der Waals surface area contributed by atoms with Crippen LogP contribution in [-0.2, 0) is 0 Å². The molecule has 0 heteroatoms. The zero-order valence-electron chi connectivity index (χ0n) is 7.72. The molecule has 0 aromatic carbocycles. The first-order valence-electron chi connectivity index (χ1n) is 4.39. The summed E-state index contributed by atoms with van der Waals surface area (Å²) >= 11 is 0. The average Bonchev–Trinajstić information content (AvgIpc) is 1.99. The molecule has 0 aromatic heterocycles. The molecular formula is C10H20. The molecule has 0 spiro atoms. The fraction of sp³-hybridized carbons (Fsp3) is 0.800. The molecule has 60 valence electrons. The summed E-state index contributed by atoms with van der Waals surface area (Å²) in [7, 11) is 0. The third-order valence-electron chi connectivity index (χ3n) is 2.29. The van der Waals surface area contributed by atoms with Gasteiger partial charge in [0.15, 0.2) is 0 Å². The summed E-state index contributed by atoms with van der Waals surface area (Å²) in [6.07, 6.45) is 7.07. The maximum Gasteiger partial charge on any atom is -0.0211 e. The van der Waals surface area contributed by atoms with Crippen molar-refractivity contribution in [2.75, 3.05) is 0 Å². The van der Waals surface area contributed by atoms with Crippen LogP contribution in [0, 0.1) is 11.8 Å². The Morgan fingerprint density at radius 1 is 1.20 bits per heavy atom. The molecule has 0 aliphatic carbocycles. The van der Waals surface area contributed by atoms with Crippen molar-refractivity contribution in [3.05, 3.63) is 12.2 Å². The minimum atomic E-state index is 0.801. The third-order valence-corrected chi connectivity index (χ3v) is 2.29. The Morgan fingerprint density at radius 2 is 1.80 bits per heavy atom. The highest BCUT2D eigenvalue weighted by Gasteiger charge is 2.08. The van der Waals surface area contributed by atoms with E-state index in [1.54, 1.807) is 0 Å². The molecule has 10 heavy (non-hydrogen) atoms. The van der Waals surface area contributed by atoms with Gasteiger partial charge >= 0.3 is 0 Å². The normalized spacial score (nSPS) is 17.6. The van der Waals surface area contributed by atoms with Gasteiger partial charge in [0.1, 0.15) is 0 Å². The van der Waals surface area contributed by atoms with Crippen LogP contribution in [0.4, 0.5) is 0 Å². The Morgan fingerprint density at radius 3 is 2.10 bits per heavy atom. The van der Waals surface area contributed by atoms with Crippen molar-refractivity contribution in [2.24, 2.45) is 11.8 Å². The molecular weight excluding hydrogens is 120 g/mol. The summed E-state index contributed by atoms with van der Waals surface area (Å²) in [5.41, 5.74) is 0. The van der Waals surface area contributed by atoms with Crippen molar-refractivity contribution in [3.63, 3.8) is 0 Å². The van der Waals surface area contributed by atoms with Crippen molar-refractivity contribution in [1.82, 2.24) is 0 Å². The van der Waals surface area contributed by atoms with E-state index >= 15 is 0 Å². The Kier molecular flexibility index (Phi) is 5.38. The zero-order chi connectivity index (χ0) is 7.98. The maximum atomic E-state index is 2.33. The molecule has 0 saturated carbocycles. The van der Waals surface area contributed by atoms with E-state index in [0.29, 0.717) is 0 Å². The molecule has 0 saturated heterocycles. The molecule has 0 nitrogen and oxygen atoms in total. The minimum absolute atomic E-state index is 0.801. The molecule has 0 rings (SSSR count). The van der Waals surface area contributed by atoms with E-state index in [2.05, 4.69) is 39.8 Å². The highest BCUT2D eigenvalue weighted by Crippen LogP contribution is 2.19. The van der Waals surface area contributed by atoms with E-state index in [-0.39, 0.29) is 0 Å². The predicted molar refractivity (Wildman–Crippen MR) is 48.1 cm³/mol. The number of hydrogen-bond acceptors (Lipinski definition) is 0. The first-order chi connectivity index (χ1) is 4.76. The first-order valence-corrected chi connectivity index (χ1v) is 4.39. The van der Waals surface area contributed by atoms with Gasteiger partial charge in [-0.2, -0.15) is 0 Å². The third kappa shape index (κ3) is 3.05. The second-order valence-electron chi connectivity index (χ2n) is 2.98. The van der Waals surface area contributed by atoms with Gasteiger partial charge in [0.25, 0.3) is 0 Å². The van der Waals surface area contributed by atoms with Crippen LogP contribution < -0.4 is 0 Å². The lowest BCUT2D eigenvalue weighted by molar-refractivity contribution is 0.406. The quantitative estimate of drug-likeness (QED) is 0.523. The molecule has 0 aliphatic rings. The van der Waals surface area contributed by atoms with Crippen LogP contribution in [-0.4, -0.2) is 0 Å². The summed E-state index contributed by atoms with van der Waals surface area (Å²) in [5.74, 6) is 1.65. The summed E-state index contributed by atoms with van der Waals surface area (Å²) in [4.78, 5) is 0. The smallest absolute Gasteiger partial charge is 0.0211 e. The van der Waals surface area contributed by atoms with Crippen molar-refractivity contribution >= 4 is 0 Å². The van der Waals surface area contributed by atoms with E-state index in [1.807, 2.05) is 0 Å². The zero-order valence-corrected chi connectivity index (χ0v) is 7.72. The molecule has 0 N–H and O–H groups in total. The maximum absolute atomic E-state index is 2.33. The van der Waals surface area contributed by atoms with Crippen LogP contribution in [0.15, 0.2) is 12.2 Å². The largest absolute Gasteiger partial charge is 0.0914 e. The second-order valence-corrected chi connectivity index (χ2v) is 2.98. The van der Waals surface area contributed by atoms with Gasteiger partial charge in [-0.25, -0.2) is 0 Å². The molecule has 0 heterocycles. The highest BCUT2D eigenvalue weighted by atomic mass is 14.1. The van der Waals surface area contributed by atoms with E-state index in [9.17, 15) is 0 Å². The lowest BCUT2D eigenvalue weighted by Crippen LogP contribution is -2.06. The Bertz CT molecular complexity index is 92.2. The predicted octanol–water partition coefficient (Wildman–Crippen LogP) is 3.63. The van der Waals surface area contributed by atoms with Gasteiger partial charge in [0, 0.05) is 0 Å². The summed E-state index contributed by atoms with van der Waals surface area (Å²) in [6.45, 7) is 8.95. The molecule has 2 unspecified atom stereocenters. The monoisotopic (exact) mass is 140 g/mol. The lowest BCUT2D eigenvalue weighted by atomic mass is 9.89. The van der Waals surface area contributed by atoms with Gasteiger partial charge in [-0.15, -0.1) is 0 Å². The van der Waals surface area contributed by atoms with Crippen LogP contribution in [0.5, 0.6) is 0 Å². The lowest BCUT2D eigenvalue weighted by Gasteiger charge is -2.16. The molecule has 0 amide bonds. The van der Waals surface area contributed by atoms with E-state index in [1.165, 1.54) is 12.8 Å². The van der Waals surface area contributed by atoms with Gasteiger partial charge in [0.05, 0.1) is 0 Å². The van der Waals surface area contributed by atoms with E-state index in [4.69, 9.17) is 0 Å². The van der Waals surface area contributed by atoms with Gasteiger partial charge in [-0.1, -0.05) is 39.3 Å². The Balaban J connectivity index is 3.79. The van der Waals surface area contributed by atoms with Gasteiger partial charge < -0.3 is 0 Å². The molecule has 0 aromatic rings. The van der Waals surface area contributed by atoms with Crippen LogP contribution in [0.25, 0.3) is 0 Å². The SMILES string of the molecule is C/C=C/C(CC)C(C)CC. The highest BCUT2D eigenvalue weighted by molar-refractivity contribution is 4.87.